The first-order valence-electron chi connectivity index (χ1n) is 8.58. The Morgan fingerprint density at radius 3 is 2.57 bits per heavy atom. The third-order valence-corrected chi connectivity index (χ3v) is 3.66. The summed E-state index contributed by atoms with van der Waals surface area (Å²) in [5.74, 6) is -1.10. The minimum atomic E-state index is -0.737. The van der Waals surface area contributed by atoms with Crippen LogP contribution in [0.1, 0.15) is 18.1 Å². The van der Waals surface area contributed by atoms with Crippen molar-refractivity contribution in [2.45, 2.75) is 13.8 Å². The fraction of sp³-hybridized carbons (Fsp3) is 0.238. The second-order valence-electron chi connectivity index (χ2n) is 5.89. The number of carbonyl (C=O) groups is 2. The number of ether oxygens (including phenoxy) is 3. The van der Waals surface area contributed by atoms with E-state index in [0.717, 1.165) is 11.1 Å². The Kier molecular flexibility index (Phi) is 7.56. The van der Waals surface area contributed by atoms with Gasteiger partial charge in [-0.1, -0.05) is 24.3 Å². The number of rotatable bonds is 8. The van der Waals surface area contributed by atoms with Gasteiger partial charge in [-0.25, -0.2) is 9.18 Å². The molecule has 148 valence electrons. The molecule has 0 aliphatic heterocycles. The Hall–Kier alpha value is -3.35. The van der Waals surface area contributed by atoms with Crippen LogP contribution in [0.3, 0.4) is 0 Å². The van der Waals surface area contributed by atoms with E-state index in [1.165, 1.54) is 19.2 Å². The SMILES string of the molecule is C/C=C/c1ccc(OCC(=O)OCC(=O)Nc2ccc(C)cc2F)c(OC)c1. The summed E-state index contributed by atoms with van der Waals surface area (Å²) >= 11 is 0. The van der Waals surface area contributed by atoms with E-state index in [-0.39, 0.29) is 5.69 Å². The van der Waals surface area contributed by atoms with Crippen molar-refractivity contribution in [1.82, 2.24) is 0 Å². The zero-order valence-corrected chi connectivity index (χ0v) is 16.0. The molecule has 2 aromatic carbocycles. The lowest BCUT2D eigenvalue weighted by Crippen LogP contribution is -2.24. The molecule has 6 nitrogen and oxygen atoms in total. The van der Waals surface area contributed by atoms with Crippen LogP contribution in [0.5, 0.6) is 11.5 Å². The van der Waals surface area contributed by atoms with Crippen molar-refractivity contribution in [3.05, 3.63) is 59.4 Å². The van der Waals surface area contributed by atoms with E-state index in [4.69, 9.17) is 14.2 Å². The second-order valence-corrected chi connectivity index (χ2v) is 5.89. The second kappa shape index (κ2) is 10.1. The predicted octanol–water partition coefficient (Wildman–Crippen LogP) is 3.74. The number of carbonyl (C=O) groups excluding carboxylic acids is 2. The number of amides is 1. The van der Waals surface area contributed by atoms with Crippen LogP contribution in [-0.2, 0) is 14.3 Å². The van der Waals surface area contributed by atoms with Crippen LogP contribution < -0.4 is 14.8 Å². The minimum Gasteiger partial charge on any atom is -0.493 e. The smallest absolute Gasteiger partial charge is 0.344 e. The Morgan fingerprint density at radius 2 is 1.89 bits per heavy atom. The highest BCUT2D eigenvalue weighted by Gasteiger charge is 2.12. The highest BCUT2D eigenvalue weighted by molar-refractivity contribution is 5.93. The number of nitrogens with one attached hydrogen (secondary N) is 1. The van der Waals surface area contributed by atoms with Crippen molar-refractivity contribution in [1.29, 1.82) is 0 Å². The molecule has 0 bridgehead atoms. The molecule has 2 aromatic rings. The van der Waals surface area contributed by atoms with E-state index >= 15 is 0 Å². The zero-order valence-electron chi connectivity index (χ0n) is 16.0. The molecule has 28 heavy (non-hydrogen) atoms. The van der Waals surface area contributed by atoms with Gasteiger partial charge < -0.3 is 19.5 Å². The van der Waals surface area contributed by atoms with Gasteiger partial charge in [-0.15, -0.1) is 0 Å². The molecule has 0 saturated heterocycles. The Morgan fingerprint density at radius 1 is 1.11 bits per heavy atom. The van der Waals surface area contributed by atoms with E-state index < -0.39 is 30.9 Å². The molecule has 1 amide bonds. The summed E-state index contributed by atoms with van der Waals surface area (Å²) < 4.78 is 29.2. The fourth-order valence-electron chi connectivity index (χ4n) is 2.33. The van der Waals surface area contributed by atoms with E-state index in [1.54, 1.807) is 25.1 Å². The summed E-state index contributed by atoms with van der Waals surface area (Å²) in [6, 6.07) is 9.65. The standard InChI is InChI=1S/C21H22FNO5/c1-4-5-15-7-9-18(19(11-15)26-3)27-13-21(25)28-12-20(24)23-17-8-6-14(2)10-16(17)22/h4-11H,12-13H2,1-3H3,(H,23,24)/b5-4+. The molecule has 0 aliphatic carbocycles. The lowest BCUT2D eigenvalue weighted by atomic mass is 10.2. The number of methoxy groups -OCH3 is 1. The van der Waals surface area contributed by atoms with Crippen molar-refractivity contribution >= 4 is 23.6 Å². The van der Waals surface area contributed by atoms with Crippen molar-refractivity contribution in [2.24, 2.45) is 0 Å². The average molecular weight is 387 g/mol. The lowest BCUT2D eigenvalue weighted by molar-refractivity contribution is -0.149. The van der Waals surface area contributed by atoms with Gasteiger partial charge in [0.1, 0.15) is 5.82 Å². The molecular formula is C21H22FNO5. The Balaban J connectivity index is 1.83. The molecule has 0 aliphatic rings. The maximum Gasteiger partial charge on any atom is 0.344 e. The van der Waals surface area contributed by atoms with Gasteiger partial charge in [-0.2, -0.15) is 0 Å². The van der Waals surface area contributed by atoms with Gasteiger partial charge in [0.2, 0.25) is 0 Å². The molecule has 2 rings (SSSR count). The molecule has 0 atom stereocenters. The van der Waals surface area contributed by atoms with Crippen molar-refractivity contribution in [2.75, 3.05) is 25.6 Å². The van der Waals surface area contributed by atoms with Crippen LogP contribution in [-0.4, -0.2) is 32.2 Å². The number of benzene rings is 2. The van der Waals surface area contributed by atoms with Crippen molar-refractivity contribution < 1.29 is 28.2 Å². The number of esters is 1. The summed E-state index contributed by atoms with van der Waals surface area (Å²) in [7, 11) is 1.49. The number of anilines is 1. The Bertz CT molecular complexity index is 879. The minimum absolute atomic E-state index is 0.0221. The Labute approximate surface area is 162 Å². The van der Waals surface area contributed by atoms with E-state index in [1.807, 2.05) is 25.1 Å². The first-order valence-corrected chi connectivity index (χ1v) is 8.58. The number of aryl methyl sites for hydroxylation is 1. The molecule has 0 aromatic heterocycles. The maximum atomic E-state index is 13.7. The summed E-state index contributed by atoms with van der Waals surface area (Å²) in [5.41, 5.74) is 1.68. The molecule has 0 heterocycles. The van der Waals surface area contributed by atoms with Crippen molar-refractivity contribution in [3.63, 3.8) is 0 Å². The zero-order chi connectivity index (χ0) is 20.5. The highest BCUT2D eigenvalue weighted by atomic mass is 19.1. The first kappa shape index (κ1) is 21.0. The summed E-state index contributed by atoms with van der Waals surface area (Å²) in [4.78, 5) is 23.6. The van der Waals surface area contributed by atoms with Gasteiger partial charge in [0.25, 0.3) is 5.91 Å². The van der Waals surface area contributed by atoms with Crippen LogP contribution in [0.2, 0.25) is 0 Å². The van der Waals surface area contributed by atoms with Crippen LogP contribution in [0.15, 0.2) is 42.5 Å². The summed E-state index contributed by atoms with van der Waals surface area (Å²) in [6.45, 7) is 2.69. The van der Waals surface area contributed by atoms with E-state index in [0.29, 0.717) is 11.5 Å². The fourth-order valence-corrected chi connectivity index (χ4v) is 2.33. The van der Waals surface area contributed by atoms with Gasteiger partial charge in [-0.05, 0) is 49.2 Å². The van der Waals surface area contributed by atoms with Gasteiger partial charge in [-0.3, -0.25) is 4.79 Å². The van der Waals surface area contributed by atoms with Gasteiger partial charge in [0.15, 0.2) is 24.7 Å². The molecule has 0 spiro atoms. The third-order valence-electron chi connectivity index (χ3n) is 3.66. The molecule has 0 saturated carbocycles. The normalized spacial score (nSPS) is 10.6. The van der Waals surface area contributed by atoms with Gasteiger partial charge >= 0.3 is 5.97 Å². The largest absolute Gasteiger partial charge is 0.493 e. The molecule has 0 fully saturated rings. The quantitative estimate of drug-likeness (QED) is 0.699. The number of allylic oxidation sites excluding steroid dienone is 1. The monoisotopic (exact) mass is 387 g/mol. The van der Waals surface area contributed by atoms with Crippen molar-refractivity contribution in [3.8, 4) is 11.5 Å². The molecule has 0 radical (unpaired) electrons. The predicted molar refractivity (Wildman–Crippen MR) is 104 cm³/mol. The maximum absolute atomic E-state index is 13.7. The molecule has 0 unspecified atom stereocenters. The molecule has 7 heteroatoms. The van der Waals surface area contributed by atoms with Crippen LogP contribution in [0.25, 0.3) is 6.08 Å². The summed E-state index contributed by atoms with van der Waals surface area (Å²) in [5, 5.41) is 2.34. The highest BCUT2D eigenvalue weighted by Crippen LogP contribution is 2.28. The van der Waals surface area contributed by atoms with Gasteiger partial charge in [0, 0.05) is 0 Å². The molecule has 1 N–H and O–H groups in total. The van der Waals surface area contributed by atoms with E-state index in [2.05, 4.69) is 5.32 Å². The van der Waals surface area contributed by atoms with Crippen LogP contribution in [0, 0.1) is 12.7 Å². The number of hydrogen-bond acceptors (Lipinski definition) is 5. The average Bonchev–Trinajstić information content (AvgIpc) is 2.67. The first-order chi connectivity index (χ1) is 13.4. The summed E-state index contributed by atoms with van der Waals surface area (Å²) in [6.07, 6.45) is 3.79. The third kappa shape index (κ3) is 6.12. The lowest BCUT2D eigenvalue weighted by Gasteiger charge is -2.11. The number of halogens is 1. The van der Waals surface area contributed by atoms with E-state index in [9.17, 15) is 14.0 Å². The van der Waals surface area contributed by atoms with Crippen LogP contribution >= 0.6 is 0 Å². The molecular weight excluding hydrogens is 365 g/mol. The topological polar surface area (TPSA) is 73.9 Å². The van der Waals surface area contributed by atoms with Crippen LogP contribution in [0.4, 0.5) is 10.1 Å². The number of hydrogen-bond donors (Lipinski definition) is 1. The van der Waals surface area contributed by atoms with Gasteiger partial charge in [0.05, 0.1) is 12.8 Å².